The second-order valence-corrected chi connectivity index (χ2v) is 5.72. The quantitative estimate of drug-likeness (QED) is 0.869. The third-order valence-corrected chi connectivity index (χ3v) is 3.97. The van der Waals surface area contributed by atoms with E-state index in [2.05, 4.69) is 24.9 Å². The summed E-state index contributed by atoms with van der Waals surface area (Å²) in [5.41, 5.74) is 2.26. The Morgan fingerprint density at radius 2 is 2.14 bits per heavy atom. The van der Waals surface area contributed by atoms with Gasteiger partial charge in [-0.05, 0) is 36.6 Å². The smallest absolute Gasteiger partial charge is 0.246 e. The molecule has 0 unspecified atom stereocenters. The Kier molecular flexibility index (Phi) is 3.71. The summed E-state index contributed by atoms with van der Waals surface area (Å²) in [4.78, 5) is 25.1. The van der Waals surface area contributed by atoms with Crippen molar-refractivity contribution in [2.24, 2.45) is 0 Å². The molecule has 1 fully saturated rings. The summed E-state index contributed by atoms with van der Waals surface area (Å²) in [5.74, 6) is -0.119. The van der Waals surface area contributed by atoms with Gasteiger partial charge in [-0.2, -0.15) is 0 Å². The van der Waals surface area contributed by atoms with Gasteiger partial charge in [0.05, 0.1) is 6.04 Å². The van der Waals surface area contributed by atoms with Crippen LogP contribution in [0.4, 0.5) is 0 Å². The molecule has 1 saturated heterocycles. The third kappa shape index (κ3) is 2.74. The number of aromatic nitrogens is 1. The molecule has 1 N–H and O–H groups in total. The molecule has 2 heterocycles. The van der Waals surface area contributed by atoms with Crippen molar-refractivity contribution in [3.05, 3.63) is 48.7 Å². The SMILES string of the molecule is C=CC(=O)N1CC(NC(=O)Cn2ccc3cc(C)ccc32)C1. The van der Waals surface area contributed by atoms with Crippen LogP contribution in [-0.4, -0.2) is 40.4 Å². The zero-order chi connectivity index (χ0) is 15.7. The van der Waals surface area contributed by atoms with E-state index in [4.69, 9.17) is 0 Å². The Labute approximate surface area is 129 Å². The normalized spacial score (nSPS) is 14.7. The van der Waals surface area contributed by atoms with Crippen molar-refractivity contribution in [2.45, 2.75) is 19.5 Å². The fraction of sp³-hybridized carbons (Fsp3) is 0.294. The maximum Gasteiger partial charge on any atom is 0.246 e. The van der Waals surface area contributed by atoms with Crippen LogP contribution in [0.25, 0.3) is 10.9 Å². The van der Waals surface area contributed by atoms with E-state index in [1.807, 2.05) is 29.0 Å². The molecule has 1 aromatic carbocycles. The average molecular weight is 297 g/mol. The van der Waals surface area contributed by atoms with Crippen LogP contribution in [-0.2, 0) is 16.1 Å². The van der Waals surface area contributed by atoms with Crippen LogP contribution >= 0.6 is 0 Å². The molecule has 2 aromatic rings. The summed E-state index contributed by atoms with van der Waals surface area (Å²) < 4.78 is 1.94. The fourth-order valence-corrected chi connectivity index (χ4v) is 2.76. The minimum Gasteiger partial charge on any atom is -0.348 e. The van der Waals surface area contributed by atoms with Gasteiger partial charge in [0, 0.05) is 24.8 Å². The van der Waals surface area contributed by atoms with Gasteiger partial charge in [0.1, 0.15) is 6.54 Å². The molecule has 2 amide bonds. The largest absolute Gasteiger partial charge is 0.348 e. The number of nitrogens with zero attached hydrogens (tertiary/aromatic N) is 2. The summed E-state index contributed by atoms with van der Waals surface area (Å²) in [5, 5.41) is 4.09. The lowest BCUT2D eigenvalue weighted by Crippen LogP contribution is -2.61. The van der Waals surface area contributed by atoms with Gasteiger partial charge in [0.15, 0.2) is 0 Å². The van der Waals surface area contributed by atoms with Crippen LogP contribution in [0.2, 0.25) is 0 Å². The van der Waals surface area contributed by atoms with Crippen molar-refractivity contribution in [2.75, 3.05) is 13.1 Å². The molecule has 0 radical (unpaired) electrons. The van der Waals surface area contributed by atoms with Gasteiger partial charge in [0.2, 0.25) is 11.8 Å². The van der Waals surface area contributed by atoms with E-state index in [0.29, 0.717) is 19.6 Å². The minimum absolute atomic E-state index is 0.0335. The van der Waals surface area contributed by atoms with Crippen LogP contribution in [0.3, 0.4) is 0 Å². The molecule has 0 spiro atoms. The number of benzene rings is 1. The van der Waals surface area contributed by atoms with Gasteiger partial charge in [-0.25, -0.2) is 0 Å². The van der Waals surface area contributed by atoms with Crippen molar-refractivity contribution < 1.29 is 9.59 Å². The molecule has 3 rings (SSSR count). The Balaban J connectivity index is 1.58. The highest BCUT2D eigenvalue weighted by Crippen LogP contribution is 2.17. The molecule has 22 heavy (non-hydrogen) atoms. The summed E-state index contributed by atoms with van der Waals surface area (Å²) in [7, 11) is 0. The summed E-state index contributed by atoms with van der Waals surface area (Å²) in [6.07, 6.45) is 3.23. The Morgan fingerprint density at radius 3 is 2.86 bits per heavy atom. The first kappa shape index (κ1) is 14.4. The summed E-state index contributed by atoms with van der Waals surface area (Å²) in [6.45, 7) is 6.91. The Bertz CT molecular complexity index is 741. The molecule has 1 aliphatic rings. The van der Waals surface area contributed by atoms with Crippen molar-refractivity contribution in [3.8, 4) is 0 Å². The number of carbonyl (C=O) groups is 2. The van der Waals surface area contributed by atoms with Crippen LogP contribution < -0.4 is 5.32 Å². The zero-order valence-corrected chi connectivity index (χ0v) is 12.6. The molecule has 114 valence electrons. The molecule has 5 nitrogen and oxygen atoms in total. The number of fused-ring (bicyclic) bond motifs is 1. The van der Waals surface area contributed by atoms with Crippen LogP contribution in [0, 0.1) is 6.92 Å². The molecular weight excluding hydrogens is 278 g/mol. The number of hydrogen-bond acceptors (Lipinski definition) is 2. The lowest BCUT2D eigenvalue weighted by Gasteiger charge is -2.38. The average Bonchev–Trinajstić information content (AvgIpc) is 2.83. The summed E-state index contributed by atoms with van der Waals surface area (Å²) >= 11 is 0. The van der Waals surface area contributed by atoms with E-state index in [-0.39, 0.29) is 17.9 Å². The maximum atomic E-state index is 12.1. The zero-order valence-electron chi connectivity index (χ0n) is 12.6. The van der Waals surface area contributed by atoms with Crippen LogP contribution in [0.1, 0.15) is 5.56 Å². The first-order valence-corrected chi connectivity index (χ1v) is 7.33. The summed E-state index contributed by atoms with van der Waals surface area (Å²) in [6, 6.07) is 8.24. The van der Waals surface area contributed by atoms with Gasteiger partial charge < -0.3 is 14.8 Å². The predicted octanol–water partition coefficient (Wildman–Crippen LogP) is 1.46. The number of nitrogens with one attached hydrogen (secondary N) is 1. The molecule has 0 aliphatic carbocycles. The van der Waals surface area contributed by atoms with Gasteiger partial charge in [-0.1, -0.05) is 18.2 Å². The van der Waals surface area contributed by atoms with E-state index >= 15 is 0 Å². The van der Waals surface area contributed by atoms with Crippen molar-refractivity contribution >= 4 is 22.7 Å². The van der Waals surface area contributed by atoms with Crippen molar-refractivity contribution in [1.82, 2.24) is 14.8 Å². The highest BCUT2D eigenvalue weighted by atomic mass is 16.2. The second kappa shape index (κ2) is 5.67. The molecule has 1 aromatic heterocycles. The Hall–Kier alpha value is -2.56. The topological polar surface area (TPSA) is 54.3 Å². The van der Waals surface area contributed by atoms with E-state index < -0.39 is 0 Å². The van der Waals surface area contributed by atoms with Gasteiger partial charge in [-0.15, -0.1) is 0 Å². The first-order chi connectivity index (χ1) is 10.6. The van der Waals surface area contributed by atoms with E-state index in [0.717, 1.165) is 10.9 Å². The van der Waals surface area contributed by atoms with E-state index in [9.17, 15) is 9.59 Å². The third-order valence-electron chi connectivity index (χ3n) is 3.97. The number of carbonyl (C=O) groups excluding carboxylic acids is 2. The predicted molar refractivity (Wildman–Crippen MR) is 85.4 cm³/mol. The fourth-order valence-electron chi connectivity index (χ4n) is 2.76. The maximum absolute atomic E-state index is 12.1. The van der Waals surface area contributed by atoms with Gasteiger partial charge in [-0.3, -0.25) is 9.59 Å². The highest BCUT2D eigenvalue weighted by Gasteiger charge is 2.30. The number of amides is 2. The van der Waals surface area contributed by atoms with Gasteiger partial charge in [0.25, 0.3) is 0 Å². The second-order valence-electron chi connectivity index (χ2n) is 5.72. The number of likely N-dealkylation sites (tertiary alicyclic amines) is 1. The molecule has 5 heteroatoms. The molecular formula is C17H19N3O2. The molecule has 0 bridgehead atoms. The Morgan fingerprint density at radius 1 is 1.36 bits per heavy atom. The van der Waals surface area contributed by atoms with Crippen molar-refractivity contribution in [1.29, 1.82) is 0 Å². The van der Waals surface area contributed by atoms with Gasteiger partial charge >= 0.3 is 0 Å². The molecule has 0 atom stereocenters. The lowest BCUT2D eigenvalue weighted by molar-refractivity contribution is -0.133. The number of aryl methyl sites for hydroxylation is 1. The first-order valence-electron chi connectivity index (χ1n) is 7.33. The van der Waals surface area contributed by atoms with Crippen molar-refractivity contribution in [3.63, 3.8) is 0 Å². The number of rotatable bonds is 4. The van der Waals surface area contributed by atoms with E-state index in [1.165, 1.54) is 11.6 Å². The van der Waals surface area contributed by atoms with Crippen LogP contribution in [0.15, 0.2) is 43.1 Å². The van der Waals surface area contributed by atoms with Crippen LogP contribution in [0.5, 0.6) is 0 Å². The highest BCUT2D eigenvalue weighted by molar-refractivity contribution is 5.88. The standard InChI is InChI=1S/C17H19N3O2/c1-3-17(22)20-9-14(10-20)18-16(21)11-19-7-6-13-8-12(2)4-5-15(13)19/h3-8,14H,1,9-11H2,2H3,(H,18,21). The van der Waals surface area contributed by atoms with E-state index in [1.54, 1.807) is 4.90 Å². The molecule has 1 aliphatic heterocycles. The molecule has 0 saturated carbocycles. The minimum atomic E-state index is -0.0859. The lowest BCUT2D eigenvalue weighted by atomic mass is 10.1. The number of hydrogen-bond donors (Lipinski definition) is 1. The monoisotopic (exact) mass is 297 g/mol.